The molecular formula is C19H27N3O3. The standard InChI is InChI=1S/C19H27N3O3/c1-13-9-10-17(22(24)25)19(14(13)2)20-18(23)12-21-11-5-7-15-6-3-4-8-16(15)21/h9-10,15-16H,3-8,11-12H2,1-2H3,(H,20,23)/t15-,16-/m0/s1. The van der Waals surface area contributed by atoms with E-state index in [0.717, 1.165) is 24.1 Å². The van der Waals surface area contributed by atoms with E-state index >= 15 is 0 Å². The molecule has 6 heteroatoms. The van der Waals surface area contributed by atoms with Crippen molar-refractivity contribution < 1.29 is 9.72 Å². The summed E-state index contributed by atoms with van der Waals surface area (Å²) in [5.41, 5.74) is 2.00. The molecule has 0 unspecified atom stereocenters. The van der Waals surface area contributed by atoms with Crippen LogP contribution in [0.3, 0.4) is 0 Å². The number of nitrogens with zero attached hydrogens (tertiary/aromatic N) is 2. The van der Waals surface area contributed by atoms with Crippen molar-refractivity contribution >= 4 is 17.3 Å². The molecule has 1 aliphatic heterocycles. The van der Waals surface area contributed by atoms with Crippen molar-refractivity contribution in [2.24, 2.45) is 5.92 Å². The SMILES string of the molecule is Cc1ccc([N+](=O)[O-])c(NC(=O)CN2CCC[C@@H]3CCCC[C@@H]32)c1C. The van der Waals surface area contributed by atoms with Crippen LogP contribution in [0.2, 0.25) is 0 Å². The maximum absolute atomic E-state index is 12.6. The third kappa shape index (κ3) is 3.84. The predicted octanol–water partition coefficient (Wildman–Crippen LogP) is 3.80. The topological polar surface area (TPSA) is 75.5 Å². The number of nitrogens with one attached hydrogen (secondary N) is 1. The van der Waals surface area contributed by atoms with Gasteiger partial charge in [-0.3, -0.25) is 19.8 Å². The van der Waals surface area contributed by atoms with Crippen LogP contribution in [0.15, 0.2) is 12.1 Å². The monoisotopic (exact) mass is 345 g/mol. The Kier molecular flexibility index (Phi) is 5.37. The fourth-order valence-corrected chi connectivity index (χ4v) is 4.40. The van der Waals surface area contributed by atoms with Crippen LogP contribution in [0.4, 0.5) is 11.4 Å². The zero-order valence-corrected chi connectivity index (χ0v) is 15.1. The van der Waals surface area contributed by atoms with Gasteiger partial charge in [-0.1, -0.05) is 18.9 Å². The molecule has 1 aliphatic carbocycles. The van der Waals surface area contributed by atoms with Crippen LogP contribution in [-0.4, -0.2) is 34.9 Å². The van der Waals surface area contributed by atoms with Gasteiger partial charge < -0.3 is 5.32 Å². The van der Waals surface area contributed by atoms with Crippen molar-refractivity contribution in [3.8, 4) is 0 Å². The summed E-state index contributed by atoms with van der Waals surface area (Å²) in [4.78, 5) is 25.8. The van der Waals surface area contributed by atoms with Gasteiger partial charge in [0.25, 0.3) is 5.69 Å². The first-order valence-corrected chi connectivity index (χ1v) is 9.26. The molecule has 0 radical (unpaired) electrons. The van der Waals surface area contributed by atoms with Crippen LogP contribution in [-0.2, 0) is 4.79 Å². The van der Waals surface area contributed by atoms with Crippen molar-refractivity contribution in [3.63, 3.8) is 0 Å². The van der Waals surface area contributed by atoms with Gasteiger partial charge in [-0.2, -0.15) is 0 Å². The maximum Gasteiger partial charge on any atom is 0.293 e. The molecule has 0 spiro atoms. The lowest BCUT2D eigenvalue weighted by atomic mass is 9.78. The predicted molar refractivity (Wildman–Crippen MR) is 97.8 cm³/mol. The third-order valence-corrected chi connectivity index (χ3v) is 5.88. The van der Waals surface area contributed by atoms with Crippen LogP contribution in [0.1, 0.15) is 49.7 Å². The van der Waals surface area contributed by atoms with Crippen molar-refractivity contribution in [2.75, 3.05) is 18.4 Å². The highest BCUT2D eigenvalue weighted by Crippen LogP contribution is 2.35. The summed E-state index contributed by atoms with van der Waals surface area (Å²) in [5.74, 6) is 0.563. The van der Waals surface area contributed by atoms with Gasteiger partial charge in [0.1, 0.15) is 5.69 Å². The number of hydrogen-bond donors (Lipinski definition) is 1. The van der Waals surface area contributed by atoms with Crippen molar-refractivity contribution in [1.29, 1.82) is 0 Å². The highest BCUT2D eigenvalue weighted by molar-refractivity contribution is 5.95. The summed E-state index contributed by atoms with van der Waals surface area (Å²) in [7, 11) is 0. The maximum atomic E-state index is 12.6. The molecule has 136 valence electrons. The van der Waals surface area contributed by atoms with Gasteiger partial charge in [-0.25, -0.2) is 0 Å². The lowest BCUT2D eigenvalue weighted by molar-refractivity contribution is -0.384. The van der Waals surface area contributed by atoms with Gasteiger partial charge in [-0.05, 0) is 63.1 Å². The number of nitro groups is 1. The Morgan fingerprint density at radius 1 is 1.24 bits per heavy atom. The van der Waals surface area contributed by atoms with Crippen molar-refractivity contribution in [2.45, 2.75) is 58.4 Å². The fourth-order valence-electron chi connectivity index (χ4n) is 4.40. The average molecular weight is 345 g/mol. The van der Waals surface area contributed by atoms with Crippen LogP contribution in [0.5, 0.6) is 0 Å². The molecule has 6 nitrogen and oxygen atoms in total. The number of likely N-dealkylation sites (tertiary alicyclic amines) is 1. The molecule has 1 aromatic carbocycles. The molecule has 1 aromatic rings. The summed E-state index contributed by atoms with van der Waals surface area (Å²) in [6.45, 7) is 4.98. The zero-order chi connectivity index (χ0) is 18.0. The van der Waals surface area contributed by atoms with Crippen molar-refractivity contribution in [3.05, 3.63) is 33.4 Å². The second kappa shape index (κ2) is 7.52. The summed E-state index contributed by atoms with van der Waals surface area (Å²) in [6.07, 6.45) is 7.38. The zero-order valence-electron chi connectivity index (χ0n) is 15.1. The van der Waals surface area contributed by atoms with Gasteiger partial charge in [-0.15, -0.1) is 0 Å². The Balaban J connectivity index is 1.72. The lowest BCUT2D eigenvalue weighted by Gasteiger charge is -2.43. The van der Waals surface area contributed by atoms with E-state index < -0.39 is 4.92 Å². The first-order chi connectivity index (χ1) is 12.0. The second-order valence-electron chi connectivity index (χ2n) is 7.43. The molecule has 1 saturated carbocycles. The molecule has 1 heterocycles. The normalized spacial score (nSPS) is 23.8. The Bertz CT molecular complexity index is 672. The fraction of sp³-hybridized carbons (Fsp3) is 0.632. The van der Waals surface area contributed by atoms with E-state index in [2.05, 4.69) is 10.2 Å². The molecule has 0 bridgehead atoms. The minimum absolute atomic E-state index is 0.0364. The van der Waals surface area contributed by atoms with E-state index in [-0.39, 0.29) is 11.6 Å². The summed E-state index contributed by atoms with van der Waals surface area (Å²) in [5, 5.41) is 14.1. The van der Waals surface area contributed by atoms with Crippen molar-refractivity contribution in [1.82, 2.24) is 4.90 Å². The van der Waals surface area contributed by atoms with E-state index in [1.807, 2.05) is 13.8 Å². The van der Waals surface area contributed by atoms with Crippen LogP contribution >= 0.6 is 0 Å². The van der Waals surface area contributed by atoms with E-state index in [4.69, 9.17) is 0 Å². The first kappa shape index (κ1) is 17.9. The minimum atomic E-state index is -0.430. The number of amides is 1. The molecule has 2 aliphatic rings. The Morgan fingerprint density at radius 2 is 1.96 bits per heavy atom. The van der Waals surface area contributed by atoms with Gasteiger partial charge in [0, 0.05) is 12.1 Å². The number of rotatable bonds is 4. The summed E-state index contributed by atoms with van der Waals surface area (Å²) < 4.78 is 0. The van der Waals surface area contributed by atoms with E-state index in [1.54, 1.807) is 6.07 Å². The van der Waals surface area contributed by atoms with Crippen LogP contribution in [0.25, 0.3) is 0 Å². The van der Waals surface area contributed by atoms with E-state index in [9.17, 15) is 14.9 Å². The number of carbonyl (C=O) groups excluding carboxylic acids is 1. The number of anilines is 1. The number of nitro benzene ring substituents is 1. The highest BCUT2D eigenvalue weighted by Gasteiger charge is 2.34. The highest BCUT2D eigenvalue weighted by atomic mass is 16.6. The van der Waals surface area contributed by atoms with Gasteiger partial charge in [0.2, 0.25) is 5.91 Å². The van der Waals surface area contributed by atoms with Gasteiger partial charge in [0.15, 0.2) is 0 Å². The van der Waals surface area contributed by atoms with Gasteiger partial charge in [0.05, 0.1) is 11.5 Å². The Morgan fingerprint density at radius 3 is 2.72 bits per heavy atom. The number of piperidine rings is 1. The molecular weight excluding hydrogens is 318 g/mol. The number of aryl methyl sites for hydroxylation is 1. The number of carbonyl (C=O) groups is 1. The molecule has 25 heavy (non-hydrogen) atoms. The van der Waals surface area contributed by atoms with Gasteiger partial charge >= 0.3 is 0 Å². The van der Waals surface area contributed by atoms with Crippen LogP contribution < -0.4 is 5.32 Å². The quantitative estimate of drug-likeness (QED) is 0.665. The van der Waals surface area contributed by atoms with E-state index in [0.29, 0.717) is 24.2 Å². The molecule has 0 aromatic heterocycles. The molecule has 1 N–H and O–H groups in total. The molecule has 2 fully saturated rings. The molecule has 1 amide bonds. The smallest absolute Gasteiger partial charge is 0.293 e. The second-order valence-corrected chi connectivity index (χ2v) is 7.43. The summed E-state index contributed by atoms with van der Waals surface area (Å²) >= 11 is 0. The number of hydrogen-bond acceptors (Lipinski definition) is 4. The summed E-state index contributed by atoms with van der Waals surface area (Å²) in [6, 6.07) is 3.69. The largest absolute Gasteiger partial charge is 0.319 e. The number of benzene rings is 1. The average Bonchev–Trinajstić information content (AvgIpc) is 2.59. The minimum Gasteiger partial charge on any atom is -0.319 e. The number of fused-ring (bicyclic) bond motifs is 1. The Hall–Kier alpha value is -1.95. The Labute approximate surface area is 148 Å². The lowest BCUT2D eigenvalue weighted by Crippen LogP contribution is -2.49. The molecule has 1 saturated heterocycles. The first-order valence-electron chi connectivity index (χ1n) is 9.26. The molecule has 3 rings (SSSR count). The van der Waals surface area contributed by atoms with Crippen LogP contribution in [0, 0.1) is 29.9 Å². The molecule has 2 atom stereocenters. The van der Waals surface area contributed by atoms with E-state index in [1.165, 1.54) is 38.2 Å². The third-order valence-electron chi connectivity index (χ3n) is 5.88.